The zero-order valence-electron chi connectivity index (χ0n) is 9.72. The van der Waals surface area contributed by atoms with Gasteiger partial charge < -0.3 is 16.8 Å². The average molecular weight is 235 g/mol. The molecule has 1 aromatic carbocycles. The molecule has 1 rings (SSSR count). The van der Waals surface area contributed by atoms with Crippen molar-refractivity contribution in [3.05, 3.63) is 30.3 Å². The predicted molar refractivity (Wildman–Crippen MR) is 66.0 cm³/mol. The summed E-state index contributed by atoms with van der Waals surface area (Å²) in [6, 6.07) is 8.27. The van der Waals surface area contributed by atoms with Crippen LogP contribution in [0.1, 0.15) is 13.3 Å². The normalized spacial score (nSPS) is 13.8. The van der Waals surface area contributed by atoms with Crippen molar-refractivity contribution in [1.82, 2.24) is 0 Å². The third kappa shape index (κ3) is 4.24. The van der Waals surface area contributed by atoms with E-state index in [1.54, 1.807) is 19.1 Å². The topological polar surface area (TPSA) is 98.2 Å². The molecule has 0 aliphatic rings. The van der Waals surface area contributed by atoms with Gasteiger partial charge in [0, 0.05) is 11.6 Å². The fraction of sp³-hybridized carbons (Fsp3) is 0.333. The van der Waals surface area contributed by atoms with E-state index in [1.165, 1.54) is 0 Å². The van der Waals surface area contributed by atoms with Crippen LogP contribution >= 0.6 is 0 Å². The lowest BCUT2D eigenvalue weighted by atomic mass is 10.0. The highest BCUT2D eigenvalue weighted by Gasteiger charge is 2.19. The Morgan fingerprint density at radius 3 is 2.41 bits per heavy atom. The SMILES string of the molecule is CC(C[C@H](N)C(=O)Nc1ccccc1)C(N)=O. The standard InChI is InChI=1S/C12H17N3O2/c1-8(11(14)16)7-10(13)12(17)15-9-5-3-2-4-6-9/h2-6,8,10H,7,13H2,1H3,(H2,14,16)(H,15,17)/t8?,10-/m0/s1. The number of benzene rings is 1. The van der Waals surface area contributed by atoms with Crippen LogP contribution < -0.4 is 16.8 Å². The molecule has 0 heterocycles. The minimum Gasteiger partial charge on any atom is -0.369 e. The summed E-state index contributed by atoms with van der Waals surface area (Å²) in [6.07, 6.45) is 0.244. The third-order valence-corrected chi connectivity index (χ3v) is 2.47. The van der Waals surface area contributed by atoms with E-state index in [-0.39, 0.29) is 12.3 Å². The van der Waals surface area contributed by atoms with Crippen LogP contribution in [-0.4, -0.2) is 17.9 Å². The summed E-state index contributed by atoms with van der Waals surface area (Å²) >= 11 is 0. The van der Waals surface area contributed by atoms with Gasteiger partial charge in [0.05, 0.1) is 6.04 Å². The molecule has 17 heavy (non-hydrogen) atoms. The molecule has 2 atom stereocenters. The van der Waals surface area contributed by atoms with Crippen LogP contribution in [-0.2, 0) is 9.59 Å². The van der Waals surface area contributed by atoms with Crippen molar-refractivity contribution in [2.45, 2.75) is 19.4 Å². The molecule has 92 valence electrons. The Morgan fingerprint density at radius 1 is 1.29 bits per heavy atom. The van der Waals surface area contributed by atoms with Gasteiger partial charge in [-0.15, -0.1) is 0 Å². The summed E-state index contributed by atoms with van der Waals surface area (Å²) < 4.78 is 0. The van der Waals surface area contributed by atoms with Gasteiger partial charge in [-0.05, 0) is 18.6 Å². The highest BCUT2D eigenvalue weighted by Crippen LogP contribution is 2.08. The zero-order chi connectivity index (χ0) is 12.8. The molecule has 1 aromatic rings. The summed E-state index contributed by atoms with van der Waals surface area (Å²) in [5.41, 5.74) is 11.5. The first-order valence-corrected chi connectivity index (χ1v) is 5.41. The predicted octanol–water partition coefficient (Wildman–Crippen LogP) is 0.464. The van der Waals surface area contributed by atoms with E-state index in [4.69, 9.17) is 11.5 Å². The van der Waals surface area contributed by atoms with E-state index in [0.717, 1.165) is 0 Å². The minimum absolute atomic E-state index is 0.244. The lowest BCUT2D eigenvalue weighted by Gasteiger charge is -2.14. The number of hydrogen-bond acceptors (Lipinski definition) is 3. The quantitative estimate of drug-likeness (QED) is 0.691. The van der Waals surface area contributed by atoms with E-state index < -0.39 is 17.9 Å². The van der Waals surface area contributed by atoms with Gasteiger partial charge >= 0.3 is 0 Å². The van der Waals surface area contributed by atoms with Gasteiger partial charge in [0.25, 0.3) is 0 Å². The Balaban J connectivity index is 2.50. The van der Waals surface area contributed by atoms with Gasteiger partial charge in [-0.25, -0.2) is 0 Å². The molecule has 0 spiro atoms. The fourth-order valence-electron chi connectivity index (χ4n) is 1.36. The fourth-order valence-corrected chi connectivity index (χ4v) is 1.36. The summed E-state index contributed by atoms with van der Waals surface area (Å²) in [6.45, 7) is 1.65. The van der Waals surface area contributed by atoms with E-state index in [1.807, 2.05) is 18.2 Å². The van der Waals surface area contributed by atoms with Gasteiger partial charge in [-0.2, -0.15) is 0 Å². The van der Waals surface area contributed by atoms with Crippen molar-refractivity contribution in [2.75, 3.05) is 5.32 Å². The smallest absolute Gasteiger partial charge is 0.241 e. The molecule has 0 bridgehead atoms. The number of hydrogen-bond donors (Lipinski definition) is 3. The van der Waals surface area contributed by atoms with Crippen molar-refractivity contribution in [2.24, 2.45) is 17.4 Å². The molecule has 0 radical (unpaired) electrons. The Morgan fingerprint density at radius 2 is 1.88 bits per heavy atom. The summed E-state index contributed by atoms with van der Waals surface area (Å²) in [4.78, 5) is 22.5. The maximum absolute atomic E-state index is 11.7. The number of primary amides is 1. The van der Waals surface area contributed by atoms with Crippen molar-refractivity contribution >= 4 is 17.5 Å². The maximum atomic E-state index is 11.7. The van der Waals surface area contributed by atoms with Crippen molar-refractivity contribution < 1.29 is 9.59 Å². The Hall–Kier alpha value is -1.88. The van der Waals surface area contributed by atoms with E-state index >= 15 is 0 Å². The molecule has 5 heteroatoms. The van der Waals surface area contributed by atoms with Crippen LogP contribution in [0.3, 0.4) is 0 Å². The van der Waals surface area contributed by atoms with Crippen LogP contribution in [0.25, 0.3) is 0 Å². The first kappa shape index (κ1) is 13.2. The van der Waals surface area contributed by atoms with E-state index in [0.29, 0.717) is 5.69 Å². The number of rotatable bonds is 5. The monoisotopic (exact) mass is 235 g/mol. The largest absolute Gasteiger partial charge is 0.369 e. The second-order valence-corrected chi connectivity index (χ2v) is 4.00. The first-order chi connectivity index (χ1) is 8.00. The maximum Gasteiger partial charge on any atom is 0.241 e. The van der Waals surface area contributed by atoms with Gasteiger partial charge in [-0.3, -0.25) is 9.59 Å². The average Bonchev–Trinajstić information content (AvgIpc) is 2.29. The second-order valence-electron chi connectivity index (χ2n) is 4.00. The van der Waals surface area contributed by atoms with Crippen molar-refractivity contribution in [1.29, 1.82) is 0 Å². The molecule has 0 aliphatic heterocycles. The Bertz CT molecular complexity index is 392. The minimum atomic E-state index is -0.738. The summed E-state index contributed by atoms with van der Waals surface area (Å²) in [5.74, 6) is -1.18. The molecule has 0 aliphatic carbocycles. The Labute approximate surface area is 100 Å². The van der Waals surface area contributed by atoms with Crippen LogP contribution in [0.4, 0.5) is 5.69 Å². The highest BCUT2D eigenvalue weighted by molar-refractivity contribution is 5.95. The third-order valence-electron chi connectivity index (χ3n) is 2.47. The lowest BCUT2D eigenvalue weighted by Crippen LogP contribution is -2.39. The number of nitrogens with two attached hydrogens (primary N) is 2. The van der Waals surface area contributed by atoms with Gasteiger partial charge in [0.1, 0.15) is 0 Å². The first-order valence-electron chi connectivity index (χ1n) is 5.41. The number of carbonyl (C=O) groups is 2. The summed E-state index contributed by atoms with van der Waals surface area (Å²) in [5, 5.41) is 2.67. The highest BCUT2D eigenvalue weighted by atomic mass is 16.2. The molecule has 1 unspecified atom stereocenters. The van der Waals surface area contributed by atoms with Crippen molar-refractivity contribution in [3.63, 3.8) is 0 Å². The lowest BCUT2D eigenvalue weighted by molar-refractivity contribution is -0.122. The summed E-state index contributed by atoms with van der Waals surface area (Å²) in [7, 11) is 0. The van der Waals surface area contributed by atoms with Crippen molar-refractivity contribution in [3.8, 4) is 0 Å². The zero-order valence-corrected chi connectivity index (χ0v) is 9.72. The van der Waals surface area contributed by atoms with Crippen LogP contribution in [0.15, 0.2) is 30.3 Å². The number of amides is 2. The number of nitrogens with one attached hydrogen (secondary N) is 1. The molecule has 5 N–H and O–H groups in total. The van der Waals surface area contributed by atoms with Gasteiger partial charge in [0.15, 0.2) is 0 Å². The van der Waals surface area contributed by atoms with Gasteiger partial charge in [0.2, 0.25) is 11.8 Å². The second kappa shape index (κ2) is 6.00. The molecular weight excluding hydrogens is 218 g/mol. The van der Waals surface area contributed by atoms with Crippen LogP contribution in [0.5, 0.6) is 0 Å². The van der Waals surface area contributed by atoms with E-state index in [9.17, 15) is 9.59 Å². The molecule has 0 saturated heterocycles. The molecular formula is C12H17N3O2. The molecule has 0 saturated carbocycles. The Kier molecular flexibility index (Phi) is 4.66. The molecule has 0 fully saturated rings. The number of para-hydroxylation sites is 1. The molecule has 0 aromatic heterocycles. The number of anilines is 1. The van der Waals surface area contributed by atoms with Crippen LogP contribution in [0, 0.1) is 5.92 Å². The number of carbonyl (C=O) groups excluding carboxylic acids is 2. The van der Waals surface area contributed by atoms with Crippen LogP contribution in [0.2, 0.25) is 0 Å². The van der Waals surface area contributed by atoms with Gasteiger partial charge in [-0.1, -0.05) is 25.1 Å². The molecule has 2 amide bonds. The molecule has 5 nitrogen and oxygen atoms in total. The van der Waals surface area contributed by atoms with E-state index in [2.05, 4.69) is 5.32 Å².